The first-order valence-electron chi connectivity index (χ1n) is 18.9. The molecule has 1 aliphatic rings. The van der Waals surface area contributed by atoms with Crippen molar-refractivity contribution in [1.29, 1.82) is 0 Å². The zero-order chi connectivity index (χ0) is 39.7. The van der Waals surface area contributed by atoms with Crippen LogP contribution in [0.1, 0.15) is 97.2 Å². The Morgan fingerprint density at radius 3 is 2.30 bits per heavy atom. The Kier molecular flexibility index (Phi) is 19.7. The number of aromatic nitrogens is 1. The third-order valence-electron chi connectivity index (χ3n) is 10.1. The molecular weight excluding hydrogens is 691 g/mol. The van der Waals surface area contributed by atoms with Gasteiger partial charge in [0.05, 0.1) is 54.8 Å². The van der Waals surface area contributed by atoms with E-state index in [0.29, 0.717) is 19.4 Å². The van der Waals surface area contributed by atoms with Crippen molar-refractivity contribution >= 4 is 42.9 Å². The number of methoxy groups -OCH3 is 2. The molecule has 295 valence electrons. The second kappa shape index (κ2) is 22.8. The Morgan fingerprint density at radius 2 is 1.75 bits per heavy atom. The average molecular weight is 756 g/mol. The van der Waals surface area contributed by atoms with Gasteiger partial charge in [-0.05, 0) is 44.6 Å². The highest BCUT2D eigenvalue weighted by Gasteiger charge is 2.42. The second-order valence-electron chi connectivity index (χ2n) is 14.5. The van der Waals surface area contributed by atoms with Gasteiger partial charge in [-0.1, -0.05) is 77.8 Å². The van der Waals surface area contributed by atoms with Crippen molar-refractivity contribution < 1.29 is 28.7 Å². The predicted octanol–water partition coefficient (Wildman–Crippen LogP) is 4.18. The fourth-order valence-electron chi connectivity index (χ4n) is 6.67. The SMILES string of the molecule is CCC.[BH]NC(C)(C)C(=O)NCC(=O)N(C)C(C(C)CC)C(CC(=O)N1CCC[C@H]1[C@H](OC)C(C)C(=O)N[C@@H](Cc1ccccc1)c1nccs1)OC. The molecule has 3 rings (SSSR count). The number of carbonyl (C=O) groups excluding carboxylic acids is 4. The van der Waals surface area contributed by atoms with Gasteiger partial charge in [-0.3, -0.25) is 19.2 Å². The van der Waals surface area contributed by atoms with Gasteiger partial charge in [-0.25, -0.2) is 4.98 Å². The van der Waals surface area contributed by atoms with Crippen LogP contribution in [0.25, 0.3) is 0 Å². The highest BCUT2D eigenvalue weighted by molar-refractivity contribution is 7.09. The van der Waals surface area contributed by atoms with E-state index in [0.717, 1.165) is 23.4 Å². The van der Waals surface area contributed by atoms with Crippen LogP contribution in [-0.4, -0.2) is 111 Å². The number of hydrogen-bond donors (Lipinski definition) is 3. The number of nitrogens with zero attached hydrogens (tertiary/aromatic N) is 3. The van der Waals surface area contributed by atoms with Crippen LogP contribution in [0.2, 0.25) is 0 Å². The molecule has 1 aromatic carbocycles. The molecule has 1 radical (unpaired) electrons. The number of benzene rings is 1. The van der Waals surface area contributed by atoms with Crippen molar-refractivity contribution in [2.75, 3.05) is 34.4 Å². The lowest BCUT2D eigenvalue weighted by molar-refractivity contribution is -0.146. The summed E-state index contributed by atoms with van der Waals surface area (Å²) >= 11 is 1.50. The number of hydrogen-bond acceptors (Lipinski definition) is 9. The molecule has 1 fully saturated rings. The number of likely N-dealkylation sites (N-methyl/N-ethyl adjacent to an activating group) is 1. The van der Waals surface area contributed by atoms with Crippen LogP contribution in [0, 0.1) is 11.8 Å². The molecule has 1 aromatic heterocycles. The third kappa shape index (κ3) is 13.2. The lowest BCUT2D eigenvalue weighted by Crippen LogP contribution is -2.56. The third-order valence-corrected chi connectivity index (χ3v) is 11.0. The van der Waals surface area contributed by atoms with Crippen molar-refractivity contribution in [3.05, 3.63) is 52.5 Å². The van der Waals surface area contributed by atoms with Crippen LogP contribution in [-0.2, 0) is 35.1 Å². The molecule has 0 saturated carbocycles. The van der Waals surface area contributed by atoms with Crippen molar-refractivity contribution in [1.82, 2.24) is 30.6 Å². The Bertz CT molecular complexity index is 1400. The van der Waals surface area contributed by atoms with Gasteiger partial charge < -0.3 is 35.1 Å². The highest BCUT2D eigenvalue weighted by atomic mass is 32.1. The van der Waals surface area contributed by atoms with E-state index in [4.69, 9.17) is 9.47 Å². The van der Waals surface area contributed by atoms with Crippen LogP contribution >= 0.6 is 11.3 Å². The zero-order valence-corrected chi connectivity index (χ0v) is 34.5. The minimum Gasteiger partial charge on any atom is -0.379 e. The minimum absolute atomic E-state index is 0.00170. The van der Waals surface area contributed by atoms with E-state index in [2.05, 4.69) is 42.7 Å². The molecule has 14 heteroatoms. The molecule has 53 heavy (non-hydrogen) atoms. The maximum absolute atomic E-state index is 14.1. The monoisotopic (exact) mass is 755 g/mol. The van der Waals surface area contributed by atoms with Crippen molar-refractivity contribution in [3.63, 3.8) is 0 Å². The van der Waals surface area contributed by atoms with E-state index in [1.807, 2.05) is 61.4 Å². The Hall–Kier alpha value is -3.33. The summed E-state index contributed by atoms with van der Waals surface area (Å²) in [6.45, 7) is 13.8. The first kappa shape index (κ1) is 45.8. The summed E-state index contributed by atoms with van der Waals surface area (Å²) in [5.41, 5.74) is 0.152. The number of nitrogens with one attached hydrogen (secondary N) is 3. The molecule has 2 aromatic rings. The fraction of sp³-hybridized carbons (Fsp3) is 0.667. The molecule has 4 amide bonds. The van der Waals surface area contributed by atoms with Gasteiger partial charge in [0.2, 0.25) is 23.6 Å². The van der Waals surface area contributed by atoms with E-state index in [9.17, 15) is 19.2 Å². The zero-order valence-electron chi connectivity index (χ0n) is 33.6. The van der Waals surface area contributed by atoms with E-state index in [1.165, 1.54) is 17.8 Å². The predicted molar refractivity (Wildman–Crippen MR) is 213 cm³/mol. The molecule has 0 bridgehead atoms. The van der Waals surface area contributed by atoms with E-state index < -0.39 is 29.7 Å². The average Bonchev–Trinajstić information content (AvgIpc) is 3.87. The summed E-state index contributed by atoms with van der Waals surface area (Å²) in [4.78, 5) is 61.6. The van der Waals surface area contributed by atoms with Gasteiger partial charge in [0.1, 0.15) is 5.01 Å². The number of thiazole rings is 1. The Morgan fingerprint density at radius 1 is 1.09 bits per heavy atom. The smallest absolute Gasteiger partial charge is 0.242 e. The van der Waals surface area contributed by atoms with Gasteiger partial charge in [-0.2, -0.15) is 0 Å². The van der Waals surface area contributed by atoms with Crippen LogP contribution < -0.4 is 15.9 Å². The van der Waals surface area contributed by atoms with Gasteiger partial charge in [0.15, 0.2) is 7.98 Å². The summed E-state index contributed by atoms with van der Waals surface area (Å²) in [5, 5.41) is 11.3. The van der Waals surface area contributed by atoms with Crippen LogP contribution in [0.15, 0.2) is 41.9 Å². The molecule has 1 saturated heterocycles. The van der Waals surface area contributed by atoms with Crippen molar-refractivity contribution in [2.24, 2.45) is 11.8 Å². The first-order chi connectivity index (χ1) is 25.2. The summed E-state index contributed by atoms with van der Waals surface area (Å²) in [6, 6.07) is 8.95. The van der Waals surface area contributed by atoms with E-state index in [-0.39, 0.29) is 54.6 Å². The quantitative estimate of drug-likeness (QED) is 0.182. The number of rotatable bonds is 19. The van der Waals surface area contributed by atoms with Crippen LogP contribution in [0.5, 0.6) is 0 Å². The van der Waals surface area contributed by atoms with Gasteiger partial charge in [-0.15, -0.1) is 11.3 Å². The lowest BCUT2D eigenvalue weighted by atomic mass is 9.90. The van der Waals surface area contributed by atoms with Gasteiger partial charge in [0.25, 0.3) is 0 Å². The Labute approximate surface area is 323 Å². The van der Waals surface area contributed by atoms with Crippen LogP contribution in [0.4, 0.5) is 0 Å². The van der Waals surface area contributed by atoms with E-state index >= 15 is 0 Å². The first-order valence-corrected chi connectivity index (χ1v) is 19.8. The summed E-state index contributed by atoms with van der Waals surface area (Å²) in [7, 11) is 8.40. The van der Waals surface area contributed by atoms with Gasteiger partial charge >= 0.3 is 0 Å². The van der Waals surface area contributed by atoms with E-state index in [1.54, 1.807) is 46.2 Å². The van der Waals surface area contributed by atoms with Gasteiger partial charge in [0, 0.05) is 39.4 Å². The largest absolute Gasteiger partial charge is 0.379 e. The maximum Gasteiger partial charge on any atom is 0.242 e. The normalized spacial score (nSPS) is 17.7. The number of carbonyl (C=O) groups is 4. The second-order valence-corrected chi connectivity index (χ2v) is 15.4. The molecule has 12 nitrogen and oxygen atoms in total. The molecule has 1 aliphatic heterocycles. The molecule has 0 aliphatic carbocycles. The number of amides is 4. The maximum atomic E-state index is 14.1. The van der Waals surface area contributed by atoms with Crippen molar-refractivity contribution in [2.45, 2.75) is 123 Å². The number of ether oxygens (including phenoxy) is 2. The molecule has 4 unspecified atom stereocenters. The fourth-order valence-corrected chi connectivity index (χ4v) is 7.36. The topological polar surface area (TPSA) is 142 Å². The molecule has 0 spiro atoms. The molecule has 7 atom stereocenters. The Balaban J connectivity index is 0.00000313. The summed E-state index contributed by atoms with van der Waals surface area (Å²) < 4.78 is 11.9. The lowest BCUT2D eigenvalue weighted by Gasteiger charge is -2.39. The summed E-state index contributed by atoms with van der Waals surface area (Å²) in [6.07, 6.45) is 4.73. The minimum atomic E-state index is -0.938. The standard InChI is InChI=1S/C36H56BN6O6S.C3H8/c1-9-23(2)31(42(6)30(45)22-39-35(47)36(4,5)41-37)28(48-7)21-29(44)43-18-13-16-27(43)32(49-8)24(3)33(46)40-26(34-38-17-19-50-34)20-25-14-11-10-12-15-25;1-3-2/h10-12,14-15,17,19,23-24,26-28,31-32,37,41H,9,13,16,18,20-22H2,1-8H3,(H,39,47)(H,40,46);3H2,1-2H3/t23?,24?,26-,27-,28?,31?,32+;/m0./s1. The van der Waals surface area contributed by atoms with Crippen molar-refractivity contribution in [3.8, 4) is 0 Å². The molecule has 2 heterocycles. The molecule has 3 N–H and O–H groups in total. The number of likely N-dealkylation sites (tertiary alicyclic amines) is 1. The summed E-state index contributed by atoms with van der Waals surface area (Å²) in [5.74, 6) is -1.48. The molecular formula is C39H64BN6O6S. The van der Waals surface area contributed by atoms with Crippen LogP contribution in [0.3, 0.4) is 0 Å². The highest BCUT2D eigenvalue weighted by Crippen LogP contribution is 2.30.